The van der Waals surface area contributed by atoms with E-state index in [4.69, 9.17) is 4.74 Å². The summed E-state index contributed by atoms with van der Waals surface area (Å²) in [4.78, 5) is 19.3. The van der Waals surface area contributed by atoms with Crippen LogP contribution in [0.4, 0.5) is 11.4 Å². The number of rotatable bonds is 6. The zero-order valence-electron chi connectivity index (χ0n) is 15.9. The van der Waals surface area contributed by atoms with Gasteiger partial charge < -0.3 is 15.0 Å². The zero-order valence-corrected chi connectivity index (χ0v) is 16.7. The van der Waals surface area contributed by atoms with Gasteiger partial charge in [0, 0.05) is 35.4 Å². The SMILES string of the molecule is Cc1cc(N2CCCC2)ccc1NC(=O)c1cccc(OCc2cscn2)c1. The maximum Gasteiger partial charge on any atom is 0.255 e. The van der Waals surface area contributed by atoms with Gasteiger partial charge >= 0.3 is 0 Å². The Kier molecular flexibility index (Phi) is 5.58. The molecule has 2 aromatic carbocycles. The summed E-state index contributed by atoms with van der Waals surface area (Å²) in [5.74, 6) is 0.512. The van der Waals surface area contributed by atoms with E-state index in [2.05, 4.69) is 27.3 Å². The van der Waals surface area contributed by atoms with Crippen LogP contribution in [0.15, 0.2) is 53.4 Å². The number of aryl methyl sites for hydroxylation is 1. The molecule has 1 aromatic heterocycles. The molecule has 5 nitrogen and oxygen atoms in total. The molecule has 1 amide bonds. The number of benzene rings is 2. The lowest BCUT2D eigenvalue weighted by Crippen LogP contribution is -2.18. The number of aromatic nitrogens is 1. The lowest BCUT2D eigenvalue weighted by molar-refractivity contribution is 0.102. The fourth-order valence-corrected chi connectivity index (χ4v) is 3.89. The minimum atomic E-state index is -0.142. The highest BCUT2D eigenvalue weighted by Gasteiger charge is 2.14. The van der Waals surface area contributed by atoms with E-state index in [-0.39, 0.29) is 5.91 Å². The van der Waals surface area contributed by atoms with Crippen molar-refractivity contribution in [3.05, 3.63) is 70.2 Å². The molecule has 0 atom stereocenters. The van der Waals surface area contributed by atoms with Gasteiger partial charge in [-0.3, -0.25) is 4.79 Å². The molecule has 1 saturated heterocycles. The van der Waals surface area contributed by atoms with Crippen LogP contribution in [0.5, 0.6) is 5.75 Å². The Morgan fingerprint density at radius 3 is 2.82 bits per heavy atom. The number of carbonyl (C=O) groups is 1. The Morgan fingerprint density at radius 1 is 1.21 bits per heavy atom. The second-order valence-electron chi connectivity index (χ2n) is 6.94. The molecule has 0 spiro atoms. The van der Waals surface area contributed by atoms with Gasteiger partial charge in [0.1, 0.15) is 12.4 Å². The summed E-state index contributed by atoms with van der Waals surface area (Å²) in [7, 11) is 0. The molecule has 1 aliphatic rings. The van der Waals surface area contributed by atoms with Crippen molar-refractivity contribution in [1.29, 1.82) is 0 Å². The lowest BCUT2D eigenvalue weighted by atomic mass is 10.1. The topological polar surface area (TPSA) is 54.5 Å². The van der Waals surface area contributed by atoms with E-state index in [1.165, 1.54) is 29.9 Å². The van der Waals surface area contributed by atoms with Gasteiger partial charge in [0.25, 0.3) is 5.91 Å². The molecule has 28 heavy (non-hydrogen) atoms. The number of anilines is 2. The molecule has 0 bridgehead atoms. The van der Waals surface area contributed by atoms with E-state index in [0.717, 1.165) is 30.0 Å². The molecule has 3 aromatic rings. The minimum absolute atomic E-state index is 0.142. The second kappa shape index (κ2) is 8.44. The van der Waals surface area contributed by atoms with Crippen LogP contribution in [0, 0.1) is 6.92 Å². The average Bonchev–Trinajstić information content (AvgIpc) is 3.42. The van der Waals surface area contributed by atoms with Crippen molar-refractivity contribution in [1.82, 2.24) is 4.98 Å². The van der Waals surface area contributed by atoms with Crippen molar-refractivity contribution in [3.8, 4) is 5.75 Å². The molecule has 0 saturated carbocycles. The first-order valence-corrected chi connectivity index (χ1v) is 10.4. The van der Waals surface area contributed by atoms with Crippen molar-refractivity contribution in [2.24, 2.45) is 0 Å². The van der Waals surface area contributed by atoms with Crippen molar-refractivity contribution in [2.45, 2.75) is 26.4 Å². The van der Waals surface area contributed by atoms with Crippen LogP contribution in [-0.2, 0) is 6.61 Å². The number of amides is 1. The summed E-state index contributed by atoms with van der Waals surface area (Å²) >= 11 is 1.54. The molecule has 6 heteroatoms. The van der Waals surface area contributed by atoms with E-state index in [0.29, 0.717) is 17.9 Å². The number of thiazole rings is 1. The van der Waals surface area contributed by atoms with Crippen molar-refractivity contribution < 1.29 is 9.53 Å². The highest BCUT2D eigenvalue weighted by atomic mass is 32.1. The zero-order chi connectivity index (χ0) is 19.3. The summed E-state index contributed by atoms with van der Waals surface area (Å²) in [6, 6.07) is 13.4. The fourth-order valence-electron chi connectivity index (χ4n) is 3.35. The van der Waals surface area contributed by atoms with Crippen LogP contribution in [0.1, 0.15) is 34.5 Å². The number of hydrogen-bond acceptors (Lipinski definition) is 5. The Labute approximate surface area is 169 Å². The van der Waals surface area contributed by atoms with Crippen molar-refractivity contribution in [2.75, 3.05) is 23.3 Å². The molecule has 144 valence electrons. The van der Waals surface area contributed by atoms with Crippen LogP contribution in [0.2, 0.25) is 0 Å². The Morgan fingerprint density at radius 2 is 2.07 bits per heavy atom. The van der Waals surface area contributed by atoms with Gasteiger partial charge in [-0.1, -0.05) is 6.07 Å². The Balaban J connectivity index is 1.42. The summed E-state index contributed by atoms with van der Waals surface area (Å²) in [5.41, 5.74) is 6.35. The van der Waals surface area contributed by atoms with E-state index in [1.54, 1.807) is 17.6 Å². The minimum Gasteiger partial charge on any atom is -0.487 e. The van der Waals surface area contributed by atoms with E-state index in [9.17, 15) is 4.79 Å². The predicted molar refractivity (Wildman–Crippen MR) is 113 cm³/mol. The van der Waals surface area contributed by atoms with Crippen LogP contribution in [-0.4, -0.2) is 24.0 Å². The largest absolute Gasteiger partial charge is 0.487 e. The number of nitrogens with one attached hydrogen (secondary N) is 1. The smallest absolute Gasteiger partial charge is 0.255 e. The molecule has 1 fully saturated rings. The molecule has 0 radical (unpaired) electrons. The fraction of sp³-hybridized carbons (Fsp3) is 0.273. The maximum atomic E-state index is 12.7. The van der Waals surface area contributed by atoms with Gasteiger partial charge in [-0.15, -0.1) is 11.3 Å². The van der Waals surface area contributed by atoms with Gasteiger partial charge in [-0.05, 0) is 61.7 Å². The number of nitrogens with zero attached hydrogens (tertiary/aromatic N) is 2. The molecule has 0 aliphatic carbocycles. The third kappa shape index (κ3) is 4.34. The molecular formula is C22H23N3O2S. The summed E-state index contributed by atoms with van der Waals surface area (Å²) in [6.45, 7) is 4.64. The maximum absolute atomic E-state index is 12.7. The first-order valence-electron chi connectivity index (χ1n) is 9.46. The Bertz CT molecular complexity index is 950. The summed E-state index contributed by atoms with van der Waals surface area (Å²) in [6.07, 6.45) is 2.50. The standard InChI is InChI=1S/C22H23N3O2S/c1-16-11-19(25-9-2-3-10-25)7-8-21(16)24-22(26)17-5-4-6-20(12-17)27-13-18-14-28-15-23-18/h4-8,11-12,14-15H,2-3,9-10,13H2,1H3,(H,24,26). The molecule has 1 N–H and O–H groups in total. The van der Waals surface area contributed by atoms with Gasteiger partial charge in [-0.25, -0.2) is 4.98 Å². The van der Waals surface area contributed by atoms with Gasteiger partial charge in [0.15, 0.2) is 0 Å². The first-order chi connectivity index (χ1) is 13.7. The first kappa shape index (κ1) is 18.5. The summed E-state index contributed by atoms with van der Waals surface area (Å²) in [5, 5.41) is 4.97. The van der Waals surface area contributed by atoms with Crippen LogP contribution in [0.3, 0.4) is 0 Å². The van der Waals surface area contributed by atoms with Crippen molar-refractivity contribution >= 4 is 28.6 Å². The van der Waals surface area contributed by atoms with E-state index < -0.39 is 0 Å². The van der Waals surface area contributed by atoms with Gasteiger partial charge in [0.2, 0.25) is 0 Å². The van der Waals surface area contributed by atoms with E-state index >= 15 is 0 Å². The lowest BCUT2D eigenvalue weighted by Gasteiger charge is -2.19. The molecule has 0 unspecified atom stereocenters. The number of carbonyl (C=O) groups excluding carboxylic acids is 1. The molecular weight excluding hydrogens is 370 g/mol. The van der Waals surface area contributed by atoms with Crippen molar-refractivity contribution in [3.63, 3.8) is 0 Å². The highest BCUT2D eigenvalue weighted by molar-refractivity contribution is 7.07. The Hall–Kier alpha value is -2.86. The van der Waals surface area contributed by atoms with Gasteiger partial charge in [-0.2, -0.15) is 0 Å². The van der Waals surface area contributed by atoms with Gasteiger partial charge in [0.05, 0.1) is 11.2 Å². The van der Waals surface area contributed by atoms with Crippen LogP contribution in [0.25, 0.3) is 0 Å². The number of hydrogen-bond donors (Lipinski definition) is 1. The molecule has 4 rings (SSSR count). The third-order valence-electron chi connectivity index (χ3n) is 4.90. The van der Waals surface area contributed by atoms with Crippen LogP contribution < -0.4 is 15.0 Å². The normalized spacial score (nSPS) is 13.5. The molecule has 1 aliphatic heterocycles. The quantitative estimate of drug-likeness (QED) is 0.648. The second-order valence-corrected chi connectivity index (χ2v) is 7.66. The number of ether oxygens (including phenoxy) is 1. The predicted octanol–water partition coefficient (Wildman–Crippen LogP) is 4.88. The average molecular weight is 394 g/mol. The van der Waals surface area contributed by atoms with Crippen LogP contribution >= 0.6 is 11.3 Å². The highest BCUT2D eigenvalue weighted by Crippen LogP contribution is 2.26. The third-order valence-corrected chi connectivity index (χ3v) is 5.53. The van der Waals surface area contributed by atoms with E-state index in [1.807, 2.05) is 30.5 Å². The monoisotopic (exact) mass is 393 g/mol. The summed E-state index contributed by atoms with van der Waals surface area (Å²) < 4.78 is 5.75. The molecule has 2 heterocycles.